The maximum Gasteiger partial charge on any atom is 0.218 e. The highest BCUT2D eigenvalue weighted by Gasteiger charge is 2.24. The number of rotatable bonds is 3. The van der Waals surface area contributed by atoms with Crippen LogP contribution in [0.4, 0.5) is 5.69 Å². The largest absolute Gasteiger partial charge is 0.475 e. The smallest absolute Gasteiger partial charge is 0.218 e. The van der Waals surface area contributed by atoms with Crippen LogP contribution in [0.5, 0.6) is 0 Å². The average molecular weight is 292 g/mol. The Morgan fingerprint density at radius 3 is 2.91 bits per heavy atom. The second kappa shape index (κ2) is 5.84. The van der Waals surface area contributed by atoms with Crippen molar-refractivity contribution in [2.24, 2.45) is 4.99 Å². The lowest BCUT2D eigenvalue weighted by molar-refractivity contribution is 0.317. The van der Waals surface area contributed by atoms with E-state index < -0.39 is 0 Å². The summed E-state index contributed by atoms with van der Waals surface area (Å²) in [5.74, 6) is 0.798. The molecule has 0 saturated carbocycles. The maximum absolute atomic E-state index is 5.90. The van der Waals surface area contributed by atoms with Gasteiger partial charge in [0.1, 0.15) is 6.61 Å². The molecule has 4 rings (SSSR count). The molecule has 2 aliphatic rings. The van der Waals surface area contributed by atoms with Gasteiger partial charge in [0.25, 0.3) is 0 Å². The molecule has 2 aliphatic heterocycles. The third-order valence-electron chi connectivity index (χ3n) is 4.33. The first-order chi connectivity index (χ1) is 10.9. The molecular weight excluding hydrogens is 272 g/mol. The summed E-state index contributed by atoms with van der Waals surface area (Å²) in [5.41, 5.74) is 5.02. The van der Waals surface area contributed by atoms with Crippen LogP contribution in [-0.2, 0) is 17.6 Å². The molecule has 3 heteroatoms. The quantitative estimate of drug-likeness (QED) is 0.940. The number of benzene rings is 2. The van der Waals surface area contributed by atoms with Crippen LogP contribution >= 0.6 is 0 Å². The molecule has 2 aromatic carbocycles. The zero-order chi connectivity index (χ0) is 14.8. The summed E-state index contributed by atoms with van der Waals surface area (Å²) in [4.78, 5) is 4.82. The van der Waals surface area contributed by atoms with Gasteiger partial charge in [0.15, 0.2) is 0 Å². The van der Waals surface area contributed by atoms with E-state index in [4.69, 9.17) is 9.73 Å². The van der Waals surface area contributed by atoms with Crippen molar-refractivity contribution in [2.45, 2.75) is 25.3 Å². The summed E-state index contributed by atoms with van der Waals surface area (Å²) in [6, 6.07) is 17.1. The Morgan fingerprint density at radius 2 is 2.00 bits per heavy atom. The number of fused-ring (bicyclic) bond motifs is 1. The first kappa shape index (κ1) is 13.4. The topological polar surface area (TPSA) is 33.6 Å². The highest BCUT2D eigenvalue weighted by Crippen LogP contribution is 2.28. The van der Waals surface area contributed by atoms with E-state index in [1.165, 1.54) is 23.2 Å². The van der Waals surface area contributed by atoms with Crippen molar-refractivity contribution in [3.05, 3.63) is 65.2 Å². The molecule has 22 heavy (non-hydrogen) atoms. The SMILES string of the molecule is c1ccc(C[C@H]2COC(c3cccc4c3NCCC4)=N2)cc1. The summed E-state index contributed by atoms with van der Waals surface area (Å²) in [6.07, 6.45) is 3.27. The molecule has 3 nitrogen and oxygen atoms in total. The number of aliphatic imine (C=N–C) groups is 1. The number of ether oxygens (including phenoxy) is 1. The molecule has 2 heterocycles. The Balaban J connectivity index is 1.58. The molecule has 0 bridgehead atoms. The molecule has 112 valence electrons. The molecule has 0 radical (unpaired) electrons. The predicted octanol–water partition coefficient (Wildman–Crippen LogP) is 3.43. The normalized spacial score (nSPS) is 19.8. The zero-order valence-corrected chi connectivity index (χ0v) is 12.6. The minimum atomic E-state index is 0.219. The fraction of sp³-hybridized carbons (Fsp3) is 0.316. The highest BCUT2D eigenvalue weighted by molar-refractivity contribution is 6.01. The third kappa shape index (κ3) is 2.59. The lowest BCUT2D eigenvalue weighted by Gasteiger charge is -2.20. The van der Waals surface area contributed by atoms with Gasteiger partial charge >= 0.3 is 0 Å². The molecule has 0 aromatic heterocycles. The molecule has 1 N–H and O–H groups in total. The van der Waals surface area contributed by atoms with Gasteiger partial charge in [-0.2, -0.15) is 0 Å². The van der Waals surface area contributed by atoms with Crippen molar-refractivity contribution in [2.75, 3.05) is 18.5 Å². The summed E-state index contributed by atoms with van der Waals surface area (Å²) in [5, 5.41) is 3.51. The number of hydrogen-bond acceptors (Lipinski definition) is 3. The van der Waals surface area contributed by atoms with Gasteiger partial charge < -0.3 is 10.1 Å². The number of nitrogens with one attached hydrogen (secondary N) is 1. The van der Waals surface area contributed by atoms with Gasteiger partial charge in [0, 0.05) is 6.54 Å². The Morgan fingerprint density at radius 1 is 1.09 bits per heavy atom. The summed E-state index contributed by atoms with van der Waals surface area (Å²) < 4.78 is 5.90. The highest BCUT2D eigenvalue weighted by atomic mass is 16.5. The van der Waals surface area contributed by atoms with Crippen molar-refractivity contribution in [1.82, 2.24) is 0 Å². The summed E-state index contributed by atoms with van der Waals surface area (Å²) >= 11 is 0. The van der Waals surface area contributed by atoms with E-state index in [0.29, 0.717) is 6.61 Å². The van der Waals surface area contributed by atoms with Gasteiger partial charge in [0.05, 0.1) is 17.3 Å². The number of para-hydroxylation sites is 1. The zero-order valence-electron chi connectivity index (χ0n) is 12.6. The van der Waals surface area contributed by atoms with E-state index in [0.717, 1.165) is 30.8 Å². The minimum Gasteiger partial charge on any atom is -0.475 e. The van der Waals surface area contributed by atoms with Crippen LogP contribution < -0.4 is 5.32 Å². The predicted molar refractivity (Wildman–Crippen MR) is 89.7 cm³/mol. The molecular formula is C19H20N2O. The number of anilines is 1. The monoisotopic (exact) mass is 292 g/mol. The van der Waals surface area contributed by atoms with Crippen LogP contribution in [0, 0.1) is 0 Å². The van der Waals surface area contributed by atoms with Crippen molar-refractivity contribution in [3.8, 4) is 0 Å². The molecule has 0 amide bonds. The van der Waals surface area contributed by atoms with Crippen LogP contribution in [0.1, 0.15) is 23.1 Å². The lowest BCUT2D eigenvalue weighted by atomic mass is 9.99. The van der Waals surface area contributed by atoms with Gasteiger partial charge in [-0.1, -0.05) is 42.5 Å². The Kier molecular flexibility index (Phi) is 3.55. The van der Waals surface area contributed by atoms with Gasteiger partial charge in [-0.25, -0.2) is 4.99 Å². The standard InChI is InChI=1S/C19H20N2O/c1-2-6-14(7-3-1)12-16-13-22-19(21-16)17-10-4-8-15-9-5-11-20-18(15)17/h1-4,6-8,10,16,20H,5,9,11-13H2/t16-/m0/s1. The Labute approximate surface area is 131 Å². The van der Waals surface area contributed by atoms with E-state index >= 15 is 0 Å². The first-order valence-corrected chi connectivity index (χ1v) is 8.01. The summed E-state index contributed by atoms with van der Waals surface area (Å²) in [6.45, 7) is 1.71. The minimum absolute atomic E-state index is 0.219. The van der Waals surface area contributed by atoms with Crippen LogP contribution in [0.25, 0.3) is 0 Å². The van der Waals surface area contributed by atoms with Crippen LogP contribution in [-0.4, -0.2) is 25.1 Å². The second-order valence-electron chi connectivity index (χ2n) is 5.96. The number of nitrogens with zero attached hydrogens (tertiary/aromatic N) is 1. The molecule has 0 saturated heterocycles. The molecule has 0 fully saturated rings. The van der Waals surface area contributed by atoms with E-state index in [-0.39, 0.29) is 6.04 Å². The maximum atomic E-state index is 5.90. The van der Waals surface area contributed by atoms with Crippen molar-refractivity contribution in [1.29, 1.82) is 0 Å². The molecule has 0 unspecified atom stereocenters. The fourth-order valence-electron chi connectivity index (χ4n) is 3.24. The van der Waals surface area contributed by atoms with Gasteiger partial charge in [-0.05, 0) is 36.5 Å². The lowest BCUT2D eigenvalue weighted by Crippen LogP contribution is -2.16. The number of hydrogen-bond donors (Lipinski definition) is 1. The fourth-order valence-corrected chi connectivity index (χ4v) is 3.24. The van der Waals surface area contributed by atoms with E-state index in [9.17, 15) is 0 Å². The van der Waals surface area contributed by atoms with Crippen molar-refractivity contribution < 1.29 is 4.74 Å². The first-order valence-electron chi connectivity index (χ1n) is 8.01. The number of aryl methyl sites for hydroxylation is 1. The van der Waals surface area contributed by atoms with Crippen LogP contribution in [0.2, 0.25) is 0 Å². The molecule has 2 aromatic rings. The second-order valence-corrected chi connectivity index (χ2v) is 5.96. The van der Waals surface area contributed by atoms with E-state index in [1.807, 2.05) is 6.07 Å². The Hall–Kier alpha value is -2.29. The van der Waals surface area contributed by atoms with E-state index in [2.05, 4.69) is 47.8 Å². The summed E-state index contributed by atoms with van der Waals surface area (Å²) in [7, 11) is 0. The van der Waals surface area contributed by atoms with E-state index in [1.54, 1.807) is 0 Å². The van der Waals surface area contributed by atoms with Gasteiger partial charge in [-0.15, -0.1) is 0 Å². The average Bonchev–Trinajstić information content (AvgIpc) is 3.03. The molecule has 0 spiro atoms. The van der Waals surface area contributed by atoms with Crippen molar-refractivity contribution >= 4 is 11.6 Å². The van der Waals surface area contributed by atoms with Gasteiger partial charge in [-0.3, -0.25) is 0 Å². The molecule has 1 atom stereocenters. The van der Waals surface area contributed by atoms with Crippen LogP contribution in [0.3, 0.4) is 0 Å². The van der Waals surface area contributed by atoms with Gasteiger partial charge in [0.2, 0.25) is 5.90 Å². The molecule has 0 aliphatic carbocycles. The van der Waals surface area contributed by atoms with Crippen LogP contribution in [0.15, 0.2) is 53.5 Å². The third-order valence-corrected chi connectivity index (χ3v) is 4.33. The Bertz CT molecular complexity index is 694. The van der Waals surface area contributed by atoms with Crippen molar-refractivity contribution in [3.63, 3.8) is 0 Å².